The Balaban J connectivity index is 2.28. The van der Waals surface area contributed by atoms with Crippen molar-refractivity contribution in [3.63, 3.8) is 0 Å². The van der Waals surface area contributed by atoms with Gasteiger partial charge in [-0.3, -0.25) is 14.9 Å². The van der Waals surface area contributed by atoms with Crippen molar-refractivity contribution in [3.05, 3.63) is 44.5 Å². The largest absolute Gasteiger partial charge is 0.433 e. The highest BCUT2D eigenvalue weighted by atomic mass is 32.1. The first-order chi connectivity index (χ1) is 9.51. The van der Waals surface area contributed by atoms with E-state index in [-0.39, 0.29) is 11.6 Å². The predicted molar refractivity (Wildman–Crippen MR) is 74.8 cm³/mol. The quantitative estimate of drug-likeness (QED) is 0.518. The third-order valence-electron chi connectivity index (χ3n) is 2.48. The van der Waals surface area contributed by atoms with Gasteiger partial charge in [-0.15, -0.1) is 11.3 Å². The van der Waals surface area contributed by atoms with Gasteiger partial charge in [0.2, 0.25) is 0 Å². The normalized spacial score (nSPS) is 11.1. The van der Waals surface area contributed by atoms with E-state index >= 15 is 0 Å². The lowest BCUT2D eigenvalue weighted by Gasteiger charge is -1.91. The van der Waals surface area contributed by atoms with Crippen LogP contribution in [0.15, 0.2) is 27.6 Å². The Morgan fingerprint density at radius 3 is 2.90 bits per heavy atom. The van der Waals surface area contributed by atoms with E-state index in [4.69, 9.17) is 10.2 Å². The number of carbonyl (C=O) groups is 1. The Labute approximate surface area is 117 Å². The standard InChI is InChI=1S/C12H11N3O4S/c1-2-8-5-9(11(13)16)12(20-8)14-6-7-3-4-10(19-7)15(17)18/h3-6H,2H2,1H3,(H2,13,16)/b14-6+. The van der Waals surface area contributed by atoms with Crippen LogP contribution in [0.3, 0.4) is 0 Å². The zero-order valence-corrected chi connectivity index (χ0v) is 11.3. The number of primary amides is 1. The van der Waals surface area contributed by atoms with Crippen LogP contribution in [0.2, 0.25) is 0 Å². The zero-order chi connectivity index (χ0) is 14.7. The van der Waals surface area contributed by atoms with E-state index in [1.807, 2.05) is 6.92 Å². The summed E-state index contributed by atoms with van der Waals surface area (Å²) in [6.07, 6.45) is 2.09. The Morgan fingerprint density at radius 1 is 1.60 bits per heavy atom. The molecule has 0 unspecified atom stereocenters. The maximum Gasteiger partial charge on any atom is 0.433 e. The lowest BCUT2D eigenvalue weighted by molar-refractivity contribution is -0.402. The molecular formula is C12H11N3O4S. The summed E-state index contributed by atoms with van der Waals surface area (Å²) in [5.41, 5.74) is 5.61. The average Bonchev–Trinajstić information content (AvgIpc) is 3.03. The van der Waals surface area contributed by atoms with E-state index in [1.165, 1.54) is 29.7 Å². The van der Waals surface area contributed by atoms with Crippen LogP contribution in [-0.4, -0.2) is 17.0 Å². The summed E-state index contributed by atoms with van der Waals surface area (Å²) in [7, 11) is 0. The molecule has 104 valence electrons. The molecule has 0 atom stereocenters. The molecule has 2 aromatic rings. The fourth-order valence-corrected chi connectivity index (χ4v) is 2.45. The van der Waals surface area contributed by atoms with Gasteiger partial charge < -0.3 is 10.2 Å². The van der Waals surface area contributed by atoms with Crippen LogP contribution in [0, 0.1) is 10.1 Å². The lowest BCUT2D eigenvalue weighted by Crippen LogP contribution is -2.09. The monoisotopic (exact) mass is 293 g/mol. The van der Waals surface area contributed by atoms with Gasteiger partial charge in [0, 0.05) is 4.88 Å². The van der Waals surface area contributed by atoms with Crippen molar-refractivity contribution in [1.29, 1.82) is 0 Å². The molecule has 1 amide bonds. The number of thiophene rings is 1. The number of nitrogens with zero attached hydrogens (tertiary/aromatic N) is 2. The number of hydrogen-bond acceptors (Lipinski definition) is 6. The first-order valence-electron chi connectivity index (χ1n) is 5.72. The zero-order valence-electron chi connectivity index (χ0n) is 10.5. The molecule has 0 aliphatic heterocycles. The van der Waals surface area contributed by atoms with E-state index in [0.717, 1.165) is 11.3 Å². The molecule has 2 N–H and O–H groups in total. The lowest BCUT2D eigenvalue weighted by atomic mass is 10.2. The van der Waals surface area contributed by atoms with Gasteiger partial charge in [0.1, 0.15) is 9.92 Å². The summed E-state index contributed by atoms with van der Waals surface area (Å²) in [5, 5.41) is 10.9. The van der Waals surface area contributed by atoms with Crippen molar-refractivity contribution >= 4 is 34.3 Å². The number of furan rings is 1. The number of aliphatic imine (C=N–C) groups is 1. The molecule has 20 heavy (non-hydrogen) atoms. The van der Waals surface area contributed by atoms with Crippen molar-refractivity contribution in [2.45, 2.75) is 13.3 Å². The minimum atomic E-state index is -0.632. The van der Waals surface area contributed by atoms with Crippen molar-refractivity contribution in [3.8, 4) is 0 Å². The molecule has 7 nitrogen and oxygen atoms in total. The minimum Gasteiger partial charge on any atom is -0.400 e. The van der Waals surface area contributed by atoms with Crippen molar-refractivity contribution < 1.29 is 14.1 Å². The first-order valence-corrected chi connectivity index (χ1v) is 6.53. The fourth-order valence-electron chi connectivity index (χ4n) is 1.51. The topological polar surface area (TPSA) is 112 Å². The second kappa shape index (κ2) is 5.66. The molecular weight excluding hydrogens is 282 g/mol. The predicted octanol–water partition coefficient (Wildman–Crippen LogP) is 2.66. The summed E-state index contributed by atoms with van der Waals surface area (Å²) >= 11 is 1.35. The molecule has 0 radical (unpaired) electrons. The summed E-state index contributed by atoms with van der Waals surface area (Å²) in [5.74, 6) is -0.681. The molecule has 2 heterocycles. The molecule has 0 saturated heterocycles. The van der Waals surface area contributed by atoms with Gasteiger partial charge in [-0.2, -0.15) is 0 Å². The number of nitro groups is 1. The fraction of sp³-hybridized carbons (Fsp3) is 0.167. The SMILES string of the molecule is CCc1cc(C(N)=O)c(/N=C/c2ccc([N+](=O)[O-])o2)s1. The van der Waals surface area contributed by atoms with Gasteiger partial charge in [-0.25, -0.2) is 4.99 Å². The number of amides is 1. The molecule has 2 rings (SSSR count). The van der Waals surface area contributed by atoms with Crippen LogP contribution in [-0.2, 0) is 6.42 Å². The number of nitrogens with two attached hydrogens (primary N) is 1. The van der Waals surface area contributed by atoms with E-state index in [0.29, 0.717) is 10.6 Å². The summed E-state index contributed by atoms with van der Waals surface area (Å²) in [6, 6.07) is 4.37. The second-order valence-electron chi connectivity index (χ2n) is 3.84. The molecule has 2 aromatic heterocycles. The van der Waals surface area contributed by atoms with E-state index < -0.39 is 10.8 Å². The van der Waals surface area contributed by atoms with Crippen molar-refractivity contribution in [1.82, 2.24) is 0 Å². The van der Waals surface area contributed by atoms with Crippen molar-refractivity contribution in [2.24, 2.45) is 10.7 Å². The second-order valence-corrected chi connectivity index (χ2v) is 4.96. The van der Waals surface area contributed by atoms with Gasteiger partial charge in [0.25, 0.3) is 5.91 Å². The summed E-state index contributed by atoms with van der Waals surface area (Å²) < 4.78 is 4.94. The smallest absolute Gasteiger partial charge is 0.400 e. The number of aryl methyl sites for hydroxylation is 1. The molecule has 0 spiro atoms. The maximum atomic E-state index is 11.3. The Hall–Kier alpha value is -2.48. The average molecular weight is 293 g/mol. The maximum absolute atomic E-state index is 11.3. The minimum absolute atomic E-state index is 0.235. The van der Waals surface area contributed by atoms with Gasteiger partial charge in [0.05, 0.1) is 17.8 Å². The van der Waals surface area contributed by atoms with Crippen LogP contribution in [0.4, 0.5) is 10.9 Å². The van der Waals surface area contributed by atoms with E-state index in [1.54, 1.807) is 6.07 Å². The highest BCUT2D eigenvalue weighted by Crippen LogP contribution is 2.31. The van der Waals surface area contributed by atoms with Gasteiger partial charge in [-0.05, 0) is 18.6 Å². The molecule has 0 aromatic carbocycles. The molecule has 0 bridgehead atoms. The number of rotatable bonds is 5. The molecule has 0 aliphatic rings. The van der Waals surface area contributed by atoms with Gasteiger partial charge >= 0.3 is 5.88 Å². The summed E-state index contributed by atoms with van der Waals surface area (Å²) in [6.45, 7) is 1.96. The van der Waals surface area contributed by atoms with Crippen LogP contribution in [0.5, 0.6) is 0 Å². The first kappa shape index (κ1) is 13.9. The molecule has 0 saturated carbocycles. The van der Waals surface area contributed by atoms with Crippen LogP contribution in [0.1, 0.15) is 27.9 Å². The molecule has 0 fully saturated rings. The summed E-state index contributed by atoms with van der Waals surface area (Å²) in [4.78, 5) is 26.2. The number of carbonyl (C=O) groups excluding carboxylic acids is 1. The highest BCUT2D eigenvalue weighted by Gasteiger charge is 2.13. The van der Waals surface area contributed by atoms with Crippen LogP contribution in [0.25, 0.3) is 0 Å². The Bertz CT molecular complexity index is 687. The third kappa shape index (κ3) is 2.91. The molecule has 0 aliphatic carbocycles. The third-order valence-corrected chi connectivity index (χ3v) is 3.67. The number of hydrogen-bond donors (Lipinski definition) is 1. The Morgan fingerprint density at radius 2 is 2.35 bits per heavy atom. The van der Waals surface area contributed by atoms with Gasteiger partial charge in [0.15, 0.2) is 5.76 Å². The van der Waals surface area contributed by atoms with Crippen molar-refractivity contribution in [2.75, 3.05) is 0 Å². The van der Waals surface area contributed by atoms with Crippen LogP contribution < -0.4 is 5.73 Å². The van der Waals surface area contributed by atoms with Crippen LogP contribution >= 0.6 is 11.3 Å². The Kier molecular flexibility index (Phi) is 3.94. The van der Waals surface area contributed by atoms with E-state index in [2.05, 4.69) is 4.99 Å². The molecule has 8 heteroatoms. The van der Waals surface area contributed by atoms with Gasteiger partial charge in [-0.1, -0.05) is 6.92 Å². The highest BCUT2D eigenvalue weighted by molar-refractivity contribution is 7.16. The van der Waals surface area contributed by atoms with E-state index in [9.17, 15) is 14.9 Å².